The number of carbonyl (C=O) groups excluding carboxylic acids is 1. The van der Waals surface area contributed by atoms with Crippen molar-refractivity contribution in [2.45, 2.75) is 32.1 Å². The van der Waals surface area contributed by atoms with Gasteiger partial charge >= 0.3 is 0 Å². The summed E-state index contributed by atoms with van der Waals surface area (Å²) in [5, 5.41) is 0.688. The van der Waals surface area contributed by atoms with Crippen LogP contribution in [-0.2, 0) is 17.6 Å². The van der Waals surface area contributed by atoms with E-state index in [4.69, 9.17) is 16.0 Å². The molecular formula is C26H28ClN3O2. The smallest absolute Gasteiger partial charge is 0.223 e. The molecule has 2 aliphatic heterocycles. The standard InChI is InChI=1S/C26H28ClN3O2/c27-22-7-5-21(6-8-22)24-17-28-25(32-24)9-10-26(31)29-14-11-19(12-15-29)18-30-16-13-20-3-1-2-4-23(20)30/h1-8,17,19H,9-16,18H2. The normalized spacial score (nSPS) is 16.4. The van der Waals surface area contributed by atoms with E-state index in [-0.39, 0.29) is 5.91 Å². The molecule has 5 nitrogen and oxygen atoms in total. The molecule has 166 valence electrons. The first-order chi connectivity index (χ1) is 15.7. The molecule has 0 unspecified atom stereocenters. The lowest BCUT2D eigenvalue weighted by Crippen LogP contribution is -2.41. The zero-order valence-electron chi connectivity index (χ0n) is 18.2. The van der Waals surface area contributed by atoms with E-state index in [0.29, 0.717) is 35.4 Å². The van der Waals surface area contributed by atoms with Crippen LogP contribution in [0.1, 0.15) is 30.7 Å². The zero-order chi connectivity index (χ0) is 21.9. The molecule has 3 heterocycles. The van der Waals surface area contributed by atoms with Crippen LogP contribution in [0.4, 0.5) is 5.69 Å². The Morgan fingerprint density at radius 3 is 2.66 bits per heavy atom. The molecule has 2 aliphatic rings. The minimum Gasteiger partial charge on any atom is -0.441 e. The highest BCUT2D eigenvalue weighted by Crippen LogP contribution is 2.30. The largest absolute Gasteiger partial charge is 0.441 e. The summed E-state index contributed by atoms with van der Waals surface area (Å²) in [5.74, 6) is 2.15. The number of hydrogen-bond acceptors (Lipinski definition) is 4. The molecule has 0 atom stereocenters. The number of fused-ring (bicyclic) bond motifs is 1. The van der Waals surface area contributed by atoms with Gasteiger partial charge < -0.3 is 14.2 Å². The van der Waals surface area contributed by atoms with Gasteiger partial charge in [0.15, 0.2) is 11.7 Å². The van der Waals surface area contributed by atoms with Crippen LogP contribution in [-0.4, -0.2) is 42.0 Å². The number of hydrogen-bond donors (Lipinski definition) is 0. The number of anilines is 1. The SMILES string of the molecule is O=C(CCc1ncc(-c2ccc(Cl)cc2)o1)N1CCC(CN2CCc3ccccc32)CC1. The number of amides is 1. The first kappa shape index (κ1) is 21.1. The number of aromatic nitrogens is 1. The number of oxazole rings is 1. The average Bonchev–Trinajstić information content (AvgIpc) is 3.46. The number of benzene rings is 2. The highest BCUT2D eigenvalue weighted by molar-refractivity contribution is 6.30. The predicted molar refractivity (Wildman–Crippen MR) is 127 cm³/mol. The van der Waals surface area contributed by atoms with Crippen molar-refractivity contribution in [3.05, 3.63) is 71.2 Å². The number of rotatable bonds is 6. The Labute approximate surface area is 194 Å². The average molecular weight is 450 g/mol. The van der Waals surface area contributed by atoms with Gasteiger partial charge in [0.05, 0.1) is 6.20 Å². The van der Waals surface area contributed by atoms with Crippen LogP contribution in [0.25, 0.3) is 11.3 Å². The molecule has 5 rings (SSSR count). The lowest BCUT2D eigenvalue weighted by Gasteiger charge is -2.34. The summed E-state index contributed by atoms with van der Waals surface area (Å²) in [6, 6.07) is 16.2. The first-order valence-electron chi connectivity index (χ1n) is 11.5. The van der Waals surface area contributed by atoms with Crippen LogP contribution in [0.5, 0.6) is 0 Å². The molecule has 1 saturated heterocycles. The van der Waals surface area contributed by atoms with Gasteiger partial charge in [-0.05, 0) is 61.1 Å². The molecular weight excluding hydrogens is 422 g/mol. The van der Waals surface area contributed by atoms with Gasteiger partial charge in [0, 0.05) is 55.3 Å². The second-order valence-corrected chi connectivity index (χ2v) is 9.21. The molecule has 0 bridgehead atoms. The molecule has 3 aromatic rings. The number of halogens is 1. The summed E-state index contributed by atoms with van der Waals surface area (Å²) in [7, 11) is 0. The van der Waals surface area contributed by atoms with Crippen LogP contribution in [0.15, 0.2) is 59.1 Å². The van der Waals surface area contributed by atoms with Crippen LogP contribution < -0.4 is 4.90 Å². The maximum absolute atomic E-state index is 12.7. The summed E-state index contributed by atoms with van der Waals surface area (Å²) in [4.78, 5) is 21.6. The van der Waals surface area contributed by atoms with Crippen molar-refractivity contribution in [2.75, 3.05) is 31.1 Å². The van der Waals surface area contributed by atoms with Crippen molar-refractivity contribution >= 4 is 23.2 Å². The monoisotopic (exact) mass is 449 g/mol. The Kier molecular flexibility index (Phi) is 6.17. The molecule has 1 fully saturated rings. The molecule has 0 aliphatic carbocycles. The van der Waals surface area contributed by atoms with Gasteiger partial charge in [0.25, 0.3) is 0 Å². The Bertz CT molecular complexity index is 1070. The number of aryl methyl sites for hydroxylation is 1. The van der Waals surface area contributed by atoms with Crippen LogP contribution >= 0.6 is 11.6 Å². The van der Waals surface area contributed by atoms with Crippen molar-refractivity contribution in [2.24, 2.45) is 5.92 Å². The topological polar surface area (TPSA) is 49.6 Å². The van der Waals surface area contributed by atoms with Gasteiger partial charge in [0.2, 0.25) is 5.91 Å². The highest BCUT2D eigenvalue weighted by Gasteiger charge is 2.26. The fourth-order valence-electron chi connectivity index (χ4n) is 4.82. The quantitative estimate of drug-likeness (QED) is 0.517. The van der Waals surface area contributed by atoms with E-state index in [0.717, 1.165) is 51.0 Å². The van der Waals surface area contributed by atoms with Gasteiger partial charge in [-0.3, -0.25) is 4.79 Å². The number of likely N-dealkylation sites (tertiary alicyclic amines) is 1. The summed E-state index contributed by atoms with van der Waals surface area (Å²) in [6.07, 6.45) is 5.97. The molecule has 2 aromatic carbocycles. The van der Waals surface area contributed by atoms with Gasteiger partial charge in [-0.1, -0.05) is 29.8 Å². The van der Waals surface area contributed by atoms with Crippen molar-refractivity contribution in [3.8, 4) is 11.3 Å². The fraction of sp³-hybridized carbons (Fsp3) is 0.385. The first-order valence-corrected chi connectivity index (χ1v) is 11.8. The van der Waals surface area contributed by atoms with Gasteiger partial charge in [-0.15, -0.1) is 0 Å². The van der Waals surface area contributed by atoms with Crippen molar-refractivity contribution in [1.82, 2.24) is 9.88 Å². The summed E-state index contributed by atoms with van der Waals surface area (Å²) < 4.78 is 5.84. The predicted octanol–water partition coefficient (Wildman–Crippen LogP) is 5.23. The van der Waals surface area contributed by atoms with Crippen molar-refractivity contribution in [1.29, 1.82) is 0 Å². The van der Waals surface area contributed by atoms with E-state index >= 15 is 0 Å². The van der Waals surface area contributed by atoms with Gasteiger partial charge in [-0.25, -0.2) is 4.98 Å². The van der Waals surface area contributed by atoms with Crippen LogP contribution in [0, 0.1) is 5.92 Å². The van der Waals surface area contributed by atoms with E-state index in [9.17, 15) is 4.79 Å². The molecule has 1 aromatic heterocycles. The molecule has 0 saturated carbocycles. The maximum Gasteiger partial charge on any atom is 0.223 e. The third kappa shape index (κ3) is 4.68. The molecule has 1 amide bonds. The molecule has 6 heteroatoms. The van der Waals surface area contributed by atoms with E-state index in [1.165, 1.54) is 11.3 Å². The second-order valence-electron chi connectivity index (χ2n) is 8.77. The molecule has 0 N–H and O–H groups in total. The van der Waals surface area contributed by atoms with Crippen molar-refractivity contribution < 1.29 is 9.21 Å². The summed E-state index contributed by atoms with van der Waals surface area (Å²) in [5.41, 5.74) is 3.79. The van der Waals surface area contributed by atoms with Gasteiger partial charge in [-0.2, -0.15) is 0 Å². The minimum atomic E-state index is 0.196. The Hall–Kier alpha value is -2.79. The summed E-state index contributed by atoms with van der Waals surface area (Å²) >= 11 is 5.94. The fourth-order valence-corrected chi connectivity index (χ4v) is 4.94. The number of para-hydroxylation sites is 1. The van der Waals surface area contributed by atoms with Crippen LogP contribution in [0.2, 0.25) is 5.02 Å². The Balaban J connectivity index is 1.08. The van der Waals surface area contributed by atoms with Crippen molar-refractivity contribution in [3.63, 3.8) is 0 Å². The van der Waals surface area contributed by atoms with E-state index in [1.54, 1.807) is 6.20 Å². The van der Waals surface area contributed by atoms with E-state index < -0.39 is 0 Å². The lowest BCUT2D eigenvalue weighted by atomic mass is 9.95. The lowest BCUT2D eigenvalue weighted by molar-refractivity contribution is -0.132. The summed E-state index contributed by atoms with van der Waals surface area (Å²) in [6.45, 7) is 3.91. The van der Waals surface area contributed by atoms with E-state index in [1.807, 2.05) is 29.2 Å². The van der Waals surface area contributed by atoms with Crippen LogP contribution in [0.3, 0.4) is 0 Å². The zero-order valence-corrected chi connectivity index (χ0v) is 18.9. The Morgan fingerprint density at radius 1 is 1.06 bits per heavy atom. The third-order valence-corrected chi connectivity index (χ3v) is 6.92. The number of piperidine rings is 1. The maximum atomic E-state index is 12.7. The third-order valence-electron chi connectivity index (χ3n) is 6.66. The molecule has 32 heavy (non-hydrogen) atoms. The van der Waals surface area contributed by atoms with Gasteiger partial charge in [0.1, 0.15) is 0 Å². The minimum absolute atomic E-state index is 0.196. The number of carbonyl (C=O) groups is 1. The highest BCUT2D eigenvalue weighted by atomic mass is 35.5. The molecule has 0 spiro atoms. The number of nitrogens with zero attached hydrogens (tertiary/aromatic N) is 3. The second kappa shape index (κ2) is 9.37. The molecule has 0 radical (unpaired) electrons. The Morgan fingerprint density at radius 2 is 1.84 bits per heavy atom. The van der Waals surface area contributed by atoms with E-state index in [2.05, 4.69) is 34.1 Å².